The fourth-order valence-electron chi connectivity index (χ4n) is 3.45. The molecule has 2 heterocycles. The van der Waals surface area contributed by atoms with Gasteiger partial charge in [0.1, 0.15) is 52.6 Å². The second kappa shape index (κ2) is 8.30. The molecule has 2 aromatic carbocycles. The van der Waals surface area contributed by atoms with Crippen molar-refractivity contribution in [1.82, 2.24) is 0 Å². The Bertz CT molecular complexity index is 1190. The van der Waals surface area contributed by atoms with Crippen molar-refractivity contribution in [2.24, 2.45) is 0 Å². The summed E-state index contributed by atoms with van der Waals surface area (Å²) in [5.41, 5.74) is -0.816. The Labute approximate surface area is 179 Å². The molecule has 5 atom stereocenters. The predicted molar refractivity (Wildman–Crippen MR) is 107 cm³/mol. The van der Waals surface area contributed by atoms with Crippen LogP contribution in [0.3, 0.4) is 0 Å². The molecule has 32 heavy (non-hydrogen) atoms. The summed E-state index contributed by atoms with van der Waals surface area (Å²) in [7, 11) is 0. The number of hydrogen-bond acceptors (Lipinski definition) is 11. The first-order valence-electron chi connectivity index (χ1n) is 9.50. The third-order valence-corrected chi connectivity index (χ3v) is 5.14. The molecule has 0 saturated carbocycles. The minimum atomic E-state index is -1.76. The van der Waals surface area contributed by atoms with Crippen molar-refractivity contribution >= 4 is 11.0 Å². The molecule has 0 spiro atoms. The lowest BCUT2D eigenvalue weighted by Gasteiger charge is -2.39. The predicted octanol–water partition coefficient (Wildman–Crippen LogP) is -0.245. The molecule has 0 aliphatic carbocycles. The van der Waals surface area contributed by atoms with Gasteiger partial charge in [-0.3, -0.25) is 4.79 Å². The minimum Gasteiger partial charge on any atom is -0.508 e. The Morgan fingerprint density at radius 1 is 0.906 bits per heavy atom. The van der Waals surface area contributed by atoms with E-state index >= 15 is 0 Å². The molecule has 5 unspecified atom stereocenters. The first-order valence-corrected chi connectivity index (χ1v) is 9.50. The lowest BCUT2D eigenvalue weighted by atomic mass is 9.99. The highest BCUT2D eigenvalue weighted by atomic mass is 16.7. The minimum absolute atomic E-state index is 0.0377. The van der Waals surface area contributed by atoms with Gasteiger partial charge < -0.3 is 49.6 Å². The molecule has 0 radical (unpaired) electrons. The SMILES string of the molecule is O=c1c(O)c(-c2ccc(O)cc2)oc2cc(O)cc(OC3OC(CO)C(O)C(O)C3O)c12. The number of aliphatic hydroxyl groups excluding tert-OH is 4. The summed E-state index contributed by atoms with van der Waals surface area (Å²) in [4.78, 5) is 12.9. The molecule has 11 heteroatoms. The molecular formula is C21H20O11. The van der Waals surface area contributed by atoms with Gasteiger partial charge in [0.25, 0.3) is 0 Å². The van der Waals surface area contributed by atoms with Crippen LogP contribution in [0.4, 0.5) is 0 Å². The summed E-state index contributed by atoms with van der Waals surface area (Å²) < 4.78 is 16.4. The van der Waals surface area contributed by atoms with Crippen molar-refractivity contribution in [3.63, 3.8) is 0 Å². The molecule has 0 amide bonds. The van der Waals surface area contributed by atoms with Gasteiger partial charge in [0.2, 0.25) is 17.5 Å². The molecule has 0 bridgehead atoms. The zero-order valence-corrected chi connectivity index (χ0v) is 16.3. The summed E-state index contributed by atoms with van der Waals surface area (Å²) in [6.45, 7) is -0.690. The van der Waals surface area contributed by atoms with E-state index in [0.29, 0.717) is 0 Å². The van der Waals surface area contributed by atoms with E-state index in [4.69, 9.17) is 13.9 Å². The smallest absolute Gasteiger partial charge is 0.238 e. The maximum absolute atomic E-state index is 12.9. The van der Waals surface area contributed by atoms with Crippen LogP contribution in [-0.2, 0) is 4.74 Å². The third-order valence-electron chi connectivity index (χ3n) is 5.14. The summed E-state index contributed by atoms with van der Waals surface area (Å²) in [6.07, 6.45) is -7.98. The highest BCUT2D eigenvalue weighted by molar-refractivity contribution is 5.88. The van der Waals surface area contributed by atoms with E-state index < -0.39 is 48.5 Å². The van der Waals surface area contributed by atoms with Crippen LogP contribution in [0.1, 0.15) is 0 Å². The Morgan fingerprint density at radius 3 is 2.25 bits per heavy atom. The van der Waals surface area contributed by atoms with E-state index in [9.17, 15) is 40.5 Å². The molecule has 7 N–H and O–H groups in total. The number of fused-ring (bicyclic) bond motifs is 1. The molecule has 1 aliphatic rings. The molecule has 170 valence electrons. The average Bonchev–Trinajstić information content (AvgIpc) is 2.77. The lowest BCUT2D eigenvalue weighted by molar-refractivity contribution is -0.277. The van der Waals surface area contributed by atoms with Crippen LogP contribution < -0.4 is 10.2 Å². The van der Waals surface area contributed by atoms with Gasteiger partial charge in [-0.05, 0) is 24.3 Å². The quantitative estimate of drug-likeness (QED) is 0.279. The first-order chi connectivity index (χ1) is 15.2. The molecule has 1 aliphatic heterocycles. The van der Waals surface area contributed by atoms with Crippen LogP contribution >= 0.6 is 0 Å². The largest absolute Gasteiger partial charge is 0.508 e. The number of aliphatic hydroxyl groups is 4. The maximum Gasteiger partial charge on any atom is 0.238 e. The van der Waals surface area contributed by atoms with Gasteiger partial charge in [0, 0.05) is 17.7 Å². The van der Waals surface area contributed by atoms with Gasteiger partial charge in [-0.25, -0.2) is 0 Å². The molecule has 1 aromatic heterocycles. The molecule has 4 rings (SSSR count). The van der Waals surface area contributed by atoms with E-state index in [2.05, 4.69) is 0 Å². The molecule has 1 fully saturated rings. The number of hydrogen-bond donors (Lipinski definition) is 7. The van der Waals surface area contributed by atoms with E-state index in [1.165, 1.54) is 24.3 Å². The van der Waals surface area contributed by atoms with Crippen LogP contribution in [0.2, 0.25) is 0 Å². The summed E-state index contributed by atoms with van der Waals surface area (Å²) in [5, 5.41) is 69.0. The van der Waals surface area contributed by atoms with Crippen molar-refractivity contribution in [1.29, 1.82) is 0 Å². The Hall–Kier alpha value is -3.35. The standard InChI is InChI=1S/C21H20O11/c22-7-13-15(25)17(27)19(29)21(32-13)31-12-6-10(24)5-11-14(12)16(26)18(28)20(30-11)8-1-3-9(23)4-2-8/h1-6,13,15,17,19,21-25,27-29H,7H2. The van der Waals surface area contributed by atoms with Crippen LogP contribution in [0.15, 0.2) is 45.6 Å². The van der Waals surface area contributed by atoms with Gasteiger partial charge in [0.15, 0.2) is 5.76 Å². The highest BCUT2D eigenvalue weighted by Gasteiger charge is 2.45. The number of rotatable bonds is 4. The molecule has 3 aromatic rings. The number of ether oxygens (including phenoxy) is 2. The van der Waals surface area contributed by atoms with E-state index in [1.54, 1.807) is 0 Å². The van der Waals surface area contributed by atoms with Gasteiger partial charge in [-0.1, -0.05) is 0 Å². The summed E-state index contributed by atoms with van der Waals surface area (Å²) >= 11 is 0. The normalized spacial score (nSPS) is 25.7. The Morgan fingerprint density at radius 2 is 1.59 bits per heavy atom. The first kappa shape index (κ1) is 21.9. The fraction of sp³-hybridized carbons (Fsp3) is 0.286. The van der Waals surface area contributed by atoms with Crippen LogP contribution in [0, 0.1) is 0 Å². The Balaban J connectivity index is 1.80. The molecule has 1 saturated heterocycles. The second-order valence-electron chi connectivity index (χ2n) is 7.29. The summed E-state index contributed by atoms with van der Waals surface area (Å²) in [5.74, 6) is -1.75. The van der Waals surface area contributed by atoms with Crippen molar-refractivity contribution in [2.75, 3.05) is 6.61 Å². The van der Waals surface area contributed by atoms with E-state index in [0.717, 1.165) is 12.1 Å². The maximum atomic E-state index is 12.9. The van der Waals surface area contributed by atoms with Gasteiger partial charge in [-0.15, -0.1) is 0 Å². The third kappa shape index (κ3) is 3.72. The zero-order valence-electron chi connectivity index (χ0n) is 16.3. The van der Waals surface area contributed by atoms with Crippen LogP contribution in [0.5, 0.6) is 23.0 Å². The summed E-state index contributed by atoms with van der Waals surface area (Å²) in [6, 6.07) is 7.60. The Kier molecular flexibility index (Phi) is 5.67. The van der Waals surface area contributed by atoms with Gasteiger partial charge in [-0.2, -0.15) is 0 Å². The van der Waals surface area contributed by atoms with Gasteiger partial charge in [0.05, 0.1) is 6.61 Å². The van der Waals surface area contributed by atoms with Crippen molar-refractivity contribution in [3.8, 4) is 34.3 Å². The second-order valence-corrected chi connectivity index (χ2v) is 7.29. The zero-order chi connectivity index (χ0) is 23.2. The average molecular weight is 448 g/mol. The topological polar surface area (TPSA) is 190 Å². The number of phenolic OH excluding ortho intramolecular Hbond substituents is 2. The molecular weight excluding hydrogens is 428 g/mol. The van der Waals surface area contributed by atoms with Crippen LogP contribution in [0.25, 0.3) is 22.3 Å². The number of benzene rings is 2. The van der Waals surface area contributed by atoms with Crippen molar-refractivity contribution in [2.45, 2.75) is 30.7 Å². The monoisotopic (exact) mass is 448 g/mol. The number of phenols is 2. The van der Waals surface area contributed by atoms with Crippen LogP contribution in [-0.4, -0.2) is 73.1 Å². The highest BCUT2D eigenvalue weighted by Crippen LogP contribution is 2.37. The van der Waals surface area contributed by atoms with E-state index in [1.807, 2.05) is 0 Å². The number of aromatic hydroxyl groups is 3. The van der Waals surface area contributed by atoms with Crippen molar-refractivity contribution in [3.05, 3.63) is 46.6 Å². The lowest BCUT2D eigenvalue weighted by Crippen LogP contribution is -2.60. The fourth-order valence-corrected chi connectivity index (χ4v) is 3.45. The van der Waals surface area contributed by atoms with Gasteiger partial charge >= 0.3 is 0 Å². The van der Waals surface area contributed by atoms with Crippen molar-refractivity contribution < 1.29 is 49.6 Å². The van der Waals surface area contributed by atoms with E-state index in [-0.39, 0.29) is 39.5 Å². The molecule has 11 nitrogen and oxygen atoms in total.